The molecule has 0 radical (unpaired) electrons. The molecule has 2 atom stereocenters. The molecule has 0 aliphatic carbocycles. The lowest BCUT2D eigenvalue weighted by molar-refractivity contribution is -0.129. The summed E-state index contributed by atoms with van der Waals surface area (Å²) < 4.78 is 0. The molecule has 2 heterocycles. The van der Waals surface area contributed by atoms with Crippen molar-refractivity contribution in [1.82, 2.24) is 10.2 Å². The molecule has 0 saturated carbocycles. The molecular weight excluding hydrogens is 244 g/mol. The van der Waals surface area contributed by atoms with Crippen LogP contribution in [0.2, 0.25) is 0 Å². The molecule has 0 aromatic rings. The summed E-state index contributed by atoms with van der Waals surface area (Å²) in [5.74, 6) is 0.325. The molecule has 1 spiro atoms. The number of carbonyl (C=O) groups excluding carboxylic acids is 1. The van der Waals surface area contributed by atoms with Crippen LogP contribution in [-0.2, 0) is 4.79 Å². The zero-order valence-corrected chi connectivity index (χ0v) is 11.6. The molecule has 1 amide bonds. The Hall–Kier alpha value is 0.0700. The van der Waals surface area contributed by atoms with Gasteiger partial charge in [-0.05, 0) is 32.6 Å². The van der Waals surface area contributed by atoms with Gasteiger partial charge in [-0.15, -0.1) is 12.4 Å². The number of hydrogen-bond acceptors (Lipinski definition) is 3. The van der Waals surface area contributed by atoms with E-state index < -0.39 is 0 Å². The molecule has 5 heteroatoms. The summed E-state index contributed by atoms with van der Waals surface area (Å²) in [7, 11) is 0. The summed E-state index contributed by atoms with van der Waals surface area (Å²) in [5.41, 5.74) is 0.411. The van der Waals surface area contributed by atoms with Gasteiger partial charge in [0, 0.05) is 25.0 Å². The van der Waals surface area contributed by atoms with Gasteiger partial charge >= 0.3 is 0 Å². The maximum absolute atomic E-state index is 12.0. The average Bonchev–Trinajstić information content (AvgIpc) is 2.88. The normalized spacial score (nSPS) is 30.5. The number of hydrogen-bond donors (Lipinski definition) is 1. The molecule has 2 saturated heterocycles. The van der Waals surface area contributed by atoms with Gasteiger partial charge in [0.2, 0.25) is 5.91 Å². The monoisotopic (exact) mass is 264 g/mol. The van der Waals surface area contributed by atoms with Crippen molar-refractivity contribution in [2.75, 3.05) is 32.4 Å². The third-order valence-corrected chi connectivity index (χ3v) is 4.69. The van der Waals surface area contributed by atoms with Crippen molar-refractivity contribution in [2.24, 2.45) is 5.41 Å². The number of rotatable bonds is 2. The number of nitrogens with one attached hydrogen (secondary N) is 1. The van der Waals surface area contributed by atoms with Crippen molar-refractivity contribution in [2.45, 2.75) is 25.0 Å². The topological polar surface area (TPSA) is 32.3 Å². The minimum Gasteiger partial charge on any atom is -0.341 e. The van der Waals surface area contributed by atoms with Crippen LogP contribution in [0, 0.1) is 5.41 Å². The Morgan fingerprint density at radius 1 is 1.50 bits per heavy atom. The Bertz CT molecular complexity index is 256. The van der Waals surface area contributed by atoms with Crippen molar-refractivity contribution < 1.29 is 4.79 Å². The molecule has 94 valence electrons. The molecule has 0 bridgehead atoms. The van der Waals surface area contributed by atoms with Gasteiger partial charge in [0.15, 0.2) is 0 Å². The molecule has 0 aromatic carbocycles. The summed E-state index contributed by atoms with van der Waals surface area (Å²) in [6.07, 6.45) is 4.43. The van der Waals surface area contributed by atoms with Crippen LogP contribution in [0.25, 0.3) is 0 Å². The lowest BCUT2D eigenvalue weighted by Crippen LogP contribution is -2.37. The summed E-state index contributed by atoms with van der Waals surface area (Å²) in [4.78, 5) is 14.1. The Kier molecular flexibility index (Phi) is 4.95. The van der Waals surface area contributed by atoms with Gasteiger partial charge in [-0.3, -0.25) is 4.79 Å². The number of carbonyl (C=O) groups is 1. The molecule has 0 aromatic heterocycles. The van der Waals surface area contributed by atoms with Gasteiger partial charge < -0.3 is 10.2 Å². The molecule has 16 heavy (non-hydrogen) atoms. The second-order valence-electron chi connectivity index (χ2n) is 4.81. The number of nitrogens with zero attached hydrogens (tertiary/aromatic N) is 1. The van der Waals surface area contributed by atoms with Crippen LogP contribution in [0.1, 0.15) is 19.8 Å². The molecule has 2 rings (SSSR count). The first-order valence-electron chi connectivity index (χ1n) is 5.69. The van der Waals surface area contributed by atoms with E-state index in [0.717, 1.165) is 26.2 Å². The minimum atomic E-state index is 0. The zero-order chi connectivity index (χ0) is 10.9. The van der Waals surface area contributed by atoms with Crippen molar-refractivity contribution in [3.63, 3.8) is 0 Å². The predicted octanol–water partition coefficient (Wildman–Crippen LogP) is 1.37. The summed E-state index contributed by atoms with van der Waals surface area (Å²) >= 11 is 1.64. The first-order chi connectivity index (χ1) is 7.17. The summed E-state index contributed by atoms with van der Waals surface area (Å²) in [6.45, 7) is 6.17. The lowest BCUT2D eigenvalue weighted by atomic mass is 9.87. The van der Waals surface area contributed by atoms with E-state index in [1.165, 1.54) is 12.8 Å². The number of likely N-dealkylation sites (tertiary alicyclic amines) is 1. The Morgan fingerprint density at radius 2 is 2.25 bits per heavy atom. The minimum absolute atomic E-state index is 0. The quantitative estimate of drug-likeness (QED) is 0.818. The second kappa shape index (κ2) is 5.61. The van der Waals surface area contributed by atoms with Gasteiger partial charge in [-0.2, -0.15) is 11.8 Å². The maximum atomic E-state index is 12.0. The standard InChI is InChI=1S/C11H20N2OS.ClH/c1-9(15-2)10(14)13-6-4-11(8-13)3-5-12-7-11;/h9,12H,3-8H2,1-2H3;1H. The van der Waals surface area contributed by atoms with Crippen LogP contribution in [0.3, 0.4) is 0 Å². The molecule has 2 unspecified atom stereocenters. The van der Waals surface area contributed by atoms with E-state index in [-0.39, 0.29) is 17.7 Å². The van der Waals surface area contributed by atoms with Crippen LogP contribution >= 0.6 is 24.2 Å². The highest BCUT2D eigenvalue weighted by molar-refractivity contribution is 7.99. The molecule has 1 N–H and O–H groups in total. The zero-order valence-electron chi connectivity index (χ0n) is 9.99. The van der Waals surface area contributed by atoms with Gasteiger partial charge in [0.05, 0.1) is 5.25 Å². The molecule has 2 aliphatic rings. The highest BCUT2D eigenvalue weighted by atomic mass is 35.5. The summed E-state index contributed by atoms with van der Waals surface area (Å²) in [5, 5.41) is 3.53. The van der Waals surface area contributed by atoms with Gasteiger partial charge in [0.1, 0.15) is 0 Å². The van der Waals surface area contributed by atoms with E-state index in [4.69, 9.17) is 0 Å². The van der Waals surface area contributed by atoms with E-state index in [1.54, 1.807) is 11.8 Å². The first-order valence-corrected chi connectivity index (χ1v) is 6.98. The van der Waals surface area contributed by atoms with Gasteiger partial charge in [-0.1, -0.05) is 0 Å². The highest BCUT2D eigenvalue weighted by Gasteiger charge is 2.42. The van der Waals surface area contributed by atoms with Crippen LogP contribution < -0.4 is 5.32 Å². The fourth-order valence-corrected chi connectivity index (χ4v) is 2.98. The molecule has 2 aliphatic heterocycles. The maximum Gasteiger partial charge on any atom is 0.235 e. The number of amides is 1. The van der Waals surface area contributed by atoms with Crippen LogP contribution in [0.4, 0.5) is 0 Å². The van der Waals surface area contributed by atoms with Crippen LogP contribution in [0.15, 0.2) is 0 Å². The van der Waals surface area contributed by atoms with Crippen molar-refractivity contribution in [3.05, 3.63) is 0 Å². The van der Waals surface area contributed by atoms with Crippen LogP contribution in [-0.4, -0.2) is 48.5 Å². The van der Waals surface area contributed by atoms with E-state index in [0.29, 0.717) is 11.3 Å². The van der Waals surface area contributed by atoms with Crippen LogP contribution in [0.5, 0.6) is 0 Å². The fraction of sp³-hybridized carbons (Fsp3) is 0.909. The lowest BCUT2D eigenvalue weighted by Gasteiger charge is -2.24. The van der Waals surface area contributed by atoms with E-state index in [2.05, 4.69) is 10.2 Å². The van der Waals surface area contributed by atoms with E-state index in [9.17, 15) is 4.79 Å². The second-order valence-corrected chi connectivity index (χ2v) is 5.99. The van der Waals surface area contributed by atoms with E-state index in [1.807, 2.05) is 13.2 Å². The Labute approximate surface area is 108 Å². The Balaban J connectivity index is 0.00000128. The molecular formula is C11H21ClN2OS. The predicted molar refractivity (Wildman–Crippen MR) is 71.3 cm³/mol. The molecule has 3 nitrogen and oxygen atoms in total. The van der Waals surface area contributed by atoms with Gasteiger partial charge in [-0.25, -0.2) is 0 Å². The summed E-state index contributed by atoms with van der Waals surface area (Å²) in [6, 6.07) is 0. The number of thioether (sulfide) groups is 1. The number of halogens is 1. The van der Waals surface area contributed by atoms with Crippen molar-refractivity contribution in [1.29, 1.82) is 0 Å². The van der Waals surface area contributed by atoms with Gasteiger partial charge in [0.25, 0.3) is 0 Å². The fourth-order valence-electron chi connectivity index (χ4n) is 2.63. The Morgan fingerprint density at radius 3 is 2.81 bits per heavy atom. The first kappa shape index (κ1) is 14.1. The molecule has 2 fully saturated rings. The van der Waals surface area contributed by atoms with E-state index >= 15 is 0 Å². The van der Waals surface area contributed by atoms with Crippen molar-refractivity contribution >= 4 is 30.1 Å². The third kappa shape index (κ3) is 2.66. The largest absolute Gasteiger partial charge is 0.341 e. The smallest absolute Gasteiger partial charge is 0.235 e. The van der Waals surface area contributed by atoms with Crippen molar-refractivity contribution in [3.8, 4) is 0 Å². The SMILES string of the molecule is CSC(C)C(=O)N1CCC2(CCNC2)C1.Cl. The average molecular weight is 265 g/mol. The highest BCUT2D eigenvalue weighted by Crippen LogP contribution is 2.36. The third-order valence-electron chi connectivity index (χ3n) is 3.78.